The highest BCUT2D eigenvalue weighted by Crippen LogP contribution is 2.16. The number of rotatable bonds is 3. The summed E-state index contributed by atoms with van der Waals surface area (Å²) >= 11 is 0. The number of nitrogens with zero attached hydrogens (tertiary/aromatic N) is 1. The van der Waals surface area contributed by atoms with Crippen molar-refractivity contribution in [1.82, 2.24) is 4.90 Å². The lowest BCUT2D eigenvalue weighted by Gasteiger charge is -2.24. The highest BCUT2D eigenvalue weighted by atomic mass is 16.2. The molecule has 0 fully saturated rings. The van der Waals surface area contributed by atoms with Crippen LogP contribution in [0, 0.1) is 0 Å². The molecule has 0 N–H and O–H groups in total. The molecule has 2 nitrogen and oxygen atoms in total. The summed E-state index contributed by atoms with van der Waals surface area (Å²) in [5.74, 6) is 0.308. The van der Waals surface area contributed by atoms with Gasteiger partial charge in [0.05, 0.1) is 0 Å². The maximum Gasteiger partial charge on any atom is 0.222 e. The zero-order valence-electron chi connectivity index (χ0n) is 10.1. The summed E-state index contributed by atoms with van der Waals surface area (Å²) in [6.07, 6.45) is 8.83. The normalized spacial score (nSPS) is 21.5. The van der Waals surface area contributed by atoms with Crippen LogP contribution in [-0.2, 0) is 4.79 Å². The molecule has 1 amide bonds. The van der Waals surface area contributed by atoms with E-state index in [2.05, 4.69) is 13.0 Å². The average Bonchev–Trinajstić information content (AvgIpc) is 2.21. The Morgan fingerprint density at radius 2 is 2.20 bits per heavy atom. The summed E-state index contributed by atoms with van der Waals surface area (Å²) in [7, 11) is 0. The van der Waals surface area contributed by atoms with Gasteiger partial charge in [-0.05, 0) is 25.7 Å². The standard InChI is InChI=1S/C13H23NO/c1-3-7-12-8-5-10-14(11-6-9-12)13(15)4-2/h8H,3-7,9-11H2,1-2H3/b12-8+. The fourth-order valence-corrected chi connectivity index (χ4v) is 2.16. The van der Waals surface area contributed by atoms with Gasteiger partial charge in [0, 0.05) is 19.5 Å². The van der Waals surface area contributed by atoms with Crippen molar-refractivity contribution in [3.8, 4) is 0 Å². The van der Waals surface area contributed by atoms with E-state index in [1.807, 2.05) is 11.8 Å². The summed E-state index contributed by atoms with van der Waals surface area (Å²) < 4.78 is 0. The predicted octanol–water partition coefficient (Wildman–Crippen LogP) is 3.14. The van der Waals surface area contributed by atoms with E-state index in [-0.39, 0.29) is 0 Å². The van der Waals surface area contributed by atoms with E-state index in [0.29, 0.717) is 12.3 Å². The van der Waals surface area contributed by atoms with Crippen molar-refractivity contribution in [3.63, 3.8) is 0 Å². The topological polar surface area (TPSA) is 20.3 Å². The van der Waals surface area contributed by atoms with Crippen molar-refractivity contribution in [1.29, 1.82) is 0 Å². The summed E-state index contributed by atoms with van der Waals surface area (Å²) in [5, 5.41) is 0. The smallest absolute Gasteiger partial charge is 0.222 e. The molecule has 0 radical (unpaired) electrons. The van der Waals surface area contributed by atoms with E-state index in [0.717, 1.165) is 25.9 Å². The Hall–Kier alpha value is -0.790. The zero-order valence-corrected chi connectivity index (χ0v) is 10.1. The Balaban J connectivity index is 2.45. The van der Waals surface area contributed by atoms with Gasteiger partial charge in [-0.3, -0.25) is 4.79 Å². The monoisotopic (exact) mass is 209 g/mol. The predicted molar refractivity (Wildman–Crippen MR) is 63.7 cm³/mol. The number of hydrogen-bond donors (Lipinski definition) is 0. The number of carbonyl (C=O) groups excluding carboxylic acids is 1. The SMILES string of the molecule is CCC/C1=C\CCN(C(=O)CC)CCC1. The van der Waals surface area contributed by atoms with Gasteiger partial charge in [0.1, 0.15) is 0 Å². The highest BCUT2D eigenvalue weighted by molar-refractivity contribution is 5.75. The summed E-state index contributed by atoms with van der Waals surface area (Å²) in [4.78, 5) is 13.6. The lowest BCUT2D eigenvalue weighted by atomic mass is 10.0. The number of allylic oxidation sites excluding steroid dienone is 1. The van der Waals surface area contributed by atoms with Crippen LogP contribution in [0.25, 0.3) is 0 Å². The molecule has 0 saturated heterocycles. The van der Waals surface area contributed by atoms with Crippen LogP contribution < -0.4 is 0 Å². The lowest BCUT2D eigenvalue weighted by Crippen LogP contribution is -2.32. The van der Waals surface area contributed by atoms with Crippen LogP contribution in [0.3, 0.4) is 0 Å². The van der Waals surface area contributed by atoms with Crippen LogP contribution in [0.1, 0.15) is 52.4 Å². The summed E-state index contributed by atoms with van der Waals surface area (Å²) in [6, 6.07) is 0. The first kappa shape index (κ1) is 12.3. The third kappa shape index (κ3) is 4.06. The van der Waals surface area contributed by atoms with Crippen molar-refractivity contribution in [2.75, 3.05) is 13.1 Å². The maximum atomic E-state index is 11.5. The van der Waals surface area contributed by atoms with E-state index >= 15 is 0 Å². The van der Waals surface area contributed by atoms with Crippen LogP contribution in [0.2, 0.25) is 0 Å². The Morgan fingerprint density at radius 1 is 1.40 bits per heavy atom. The molecule has 0 unspecified atom stereocenters. The van der Waals surface area contributed by atoms with Crippen molar-refractivity contribution >= 4 is 5.91 Å². The molecule has 86 valence electrons. The second-order valence-electron chi connectivity index (χ2n) is 4.24. The van der Waals surface area contributed by atoms with Crippen molar-refractivity contribution in [3.05, 3.63) is 11.6 Å². The lowest BCUT2D eigenvalue weighted by molar-refractivity contribution is -0.130. The first-order valence-electron chi connectivity index (χ1n) is 6.23. The molecule has 0 aromatic carbocycles. The quantitative estimate of drug-likeness (QED) is 0.654. The van der Waals surface area contributed by atoms with Gasteiger partial charge in [0.15, 0.2) is 0 Å². The molecule has 0 atom stereocenters. The molecular formula is C13H23NO. The molecule has 0 saturated carbocycles. The van der Waals surface area contributed by atoms with Crippen molar-refractivity contribution < 1.29 is 4.79 Å². The fraction of sp³-hybridized carbons (Fsp3) is 0.769. The first-order valence-corrected chi connectivity index (χ1v) is 6.23. The molecule has 1 aliphatic heterocycles. The number of hydrogen-bond acceptors (Lipinski definition) is 1. The molecule has 2 heteroatoms. The zero-order chi connectivity index (χ0) is 11.1. The fourth-order valence-electron chi connectivity index (χ4n) is 2.16. The molecule has 1 rings (SSSR count). The maximum absolute atomic E-state index is 11.5. The van der Waals surface area contributed by atoms with Crippen LogP contribution in [0.15, 0.2) is 11.6 Å². The van der Waals surface area contributed by atoms with E-state index in [4.69, 9.17) is 0 Å². The van der Waals surface area contributed by atoms with Gasteiger partial charge in [-0.2, -0.15) is 0 Å². The van der Waals surface area contributed by atoms with Crippen molar-refractivity contribution in [2.45, 2.75) is 52.4 Å². The van der Waals surface area contributed by atoms with Gasteiger partial charge in [-0.15, -0.1) is 0 Å². The van der Waals surface area contributed by atoms with Crippen LogP contribution in [0.5, 0.6) is 0 Å². The Kier molecular flexibility index (Phi) is 5.44. The third-order valence-electron chi connectivity index (χ3n) is 2.98. The Morgan fingerprint density at radius 3 is 2.87 bits per heavy atom. The third-order valence-corrected chi connectivity index (χ3v) is 2.98. The second-order valence-corrected chi connectivity index (χ2v) is 4.24. The minimum Gasteiger partial charge on any atom is -0.342 e. The molecule has 1 heterocycles. The largest absolute Gasteiger partial charge is 0.342 e. The van der Waals surface area contributed by atoms with Crippen LogP contribution >= 0.6 is 0 Å². The summed E-state index contributed by atoms with van der Waals surface area (Å²) in [6.45, 7) is 6.04. The van der Waals surface area contributed by atoms with Gasteiger partial charge in [0.2, 0.25) is 5.91 Å². The van der Waals surface area contributed by atoms with E-state index in [9.17, 15) is 4.79 Å². The van der Waals surface area contributed by atoms with Gasteiger partial charge in [-0.25, -0.2) is 0 Å². The molecule has 1 aliphatic rings. The van der Waals surface area contributed by atoms with E-state index in [1.165, 1.54) is 19.3 Å². The minimum atomic E-state index is 0.308. The molecule has 0 spiro atoms. The van der Waals surface area contributed by atoms with Crippen LogP contribution in [-0.4, -0.2) is 23.9 Å². The molecule has 15 heavy (non-hydrogen) atoms. The number of carbonyl (C=O) groups is 1. The molecule has 0 aromatic rings. The molecule has 0 aliphatic carbocycles. The van der Waals surface area contributed by atoms with Gasteiger partial charge >= 0.3 is 0 Å². The van der Waals surface area contributed by atoms with Crippen LogP contribution in [0.4, 0.5) is 0 Å². The van der Waals surface area contributed by atoms with Gasteiger partial charge < -0.3 is 4.90 Å². The highest BCUT2D eigenvalue weighted by Gasteiger charge is 2.12. The van der Waals surface area contributed by atoms with Gasteiger partial charge in [-0.1, -0.05) is 31.9 Å². The van der Waals surface area contributed by atoms with E-state index in [1.54, 1.807) is 5.57 Å². The molecule has 0 bridgehead atoms. The Bertz CT molecular complexity index is 233. The van der Waals surface area contributed by atoms with Gasteiger partial charge in [0.25, 0.3) is 0 Å². The average molecular weight is 209 g/mol. The summed E-state index contributed by atoms with van der Waals surface area (Å²) in [5.41, 5.74) is 1.60. The molecular weight excluding hydrogens is 186 g/mol. The minimum absolute atomic E-state index is 0.308. The van der Waals surface area contributed by atoms with E-state index < -0.39 is 0 Å². The second kappa shape index (κ2) is 6.65. The molecule has 0 aromatic heterocycles. The first-order chi connectivity index (χ1) is 7.27. The van der Waals surface area contributed by atoms with Crippen molar-refractivity contribution in [2.24, 2.45) is 0 Å². The number of amides is 1. The Labute approximate surface area is 93.3 Å².